The summed E-state index contributed by atoms with van der Waals surface area (Å²) in [7, 11) is 1.61. The number of methoxy groups -OCH3 is 1. The lowest BCUT2D eigenvalue weighted by Gasteiger charge is -2.24. The fourth-order valence-electron chi connectivity index (χ4n) is 1.72. The molecule has 1 rings (SSSR count). The third-order valence-electron chi connectivity index (χ3n) is 3.25. The third kappa shape index (κ3) is 4.84. The smallest absolute Gasteiger partial charge is 0.379 e. The van der Waals surface area contributed by atoms with Crippen molar-refractivity contribution in [2.45, 2.75) is 44.5 Å². The van der Waals surface area contributed by atoms with Crippen LogP contribution in [0.2, 0.25) is 0 Å². The lowest BCUT2D eigenvalue weighted by Crippen LogP contribution is -2.24. The van der Waals surface area contributed by atoms with Gasteiger partial charge in [0.2, 0.25) is 0 Å². The van der Waals surface area contributed by atoms with E-state index in [1.54, 1.807) is 13.2 Å². The first-order chi connectivity index (χ1) is 8.65. The van der Waals surface area contributed by atoms with Crippen LogP contribution in [0, 0.1) is 0 Å². The molecule has 0 heterocycles. The number of benzene rings is 1. The summed E-state index contributed by atoms with van der Waals surface area (Å²) in [5.41, 5.74) is 5.47. The standard InChI is InChI=1S/C14H20F3NO/c1-13(2,19-3)8-7-12(18)10-5-4-6-11(9-10)14(15,16)17/h4-6,9,12H,7-8,18H2,1-3H3. The Labute approximate surface area is 111 Å². The van der Waals surface area contributed by atoms with E-state index in [1.165, 1.54) is 6.07 Å². The zero-order chi connectivity index (χ0) is 14.7. The molecule has 2 N–H and O–H groups in total. The molecule has 0 radical (unpaired) electrons. The van der Waals surface area contributed by atoms with Crippen molar-refractivity contribution >= 4 is 0 Å². The van der Waals surface area contributed by atoms with Crippen LogP contribution in [-0.2, 0) is 10.9 Å². The van der Waals surface area contributed by atoms with Crippen molar-refractivity contribution in [1.29, 1.82) is 0 Å². The van der Waals surface area contributed by atoms with Gasteiger partial charge in [0.05, 0.1) is 11.2 Å². The van der Waals surface area contributed by atoms with Crippen LogP contribution in [0.25, 0.3) is 0 Å². The maximum Gasteiger partial charge on any atom is 0.416 e. The number of halogens is 3. The fraction of sp³-hybridized carbons (Fsp3) is 0.571. The first-order valence-corrected chi connectivity index (χ1v) is 6.13. The Balaban J connectivity index is 2.75. The Morgan fingerprint density at radius 3 is 2.42 bits per heavy atom. The predicted octanol–water partition coefficient (Wildman–Crippen LogP) is 3.91. The van der Waals surface area contributed by atoms with E-state index in [0.717, 1.165) is 12.1 Å². The van der Waals surface area contributed by atoms with Crippen molar-refractivity contribution in [3.63, 3.8) is 0 Å². The highest BCUT2D eigenvalue weighted by atomic mass is 19.4. The van der Waals surface area contributed by atoms with Crippen molar-refractivity contribution < 1.29 is 17.9 Å². The van der Waals surface area contributed by atoms with Gasteiger partial charge in [0.25, 0.3) is 0 Å². The molecule has 1 unspecified atom stereocenters. The second-order valence-corrected chi connectivity index (χ2v) is 5.23. The van der Waals surface area contributed by atoms with E-state index in [-0.39, 0.29) is 5.60 Å². The van der Waals surface area contributed by atoms with E-state index in [2.05, 4.69) is 0 Å². The van der Waals surface area contributed by atoms with Gasteiger partial charge < -0.3 is 10.5 Å². The molecule has 0 aliphatic heterocycles. The summed E-state index contributed by atoms with van der Waals surface area (Å²) in [6.45, 7) is 3.84. The quantitative estimate of drug-likeness (QED) is 0.884. The SMILES string of the molecule is COC(C)(C)CCC(N)c1cccc(C(F)(F)F)c1. The molecule has 108 valence electrons. The number of ether oxygens (including phenoxy) is 1. The molecule has 1 aromatic carbocycles. The van der Waals surface area contributed by atoms with Gasteiger partial charge >= 0.3 is 6.18 Å². The summed E-state index contributed by atoms with van der Waals surface area (Å²) in [5.74, 6) is 0. The number of alkyl halides is 3. The Morgan fingerprint density at radius 1 is 1.26 bits per heavy atom. The van der Waals surface area contributed by atoms with E-state index in [9.17, 15) is 13.2 Å². The average molecular weight is 275 g/mol. The van der Waals surface area contributed by atoms with Crippen LogP contribution >= 0.6 is 0 Å². The van der Waals surface area contributed by atoms with Gasteiger partial charge in [-0.05, 0) is 44.4 Å². The lowest BCUT2D eigenvalue weighted by molar-refractivity contribution is -0.137. The molecule has 0 amide bonds. The Bertz CT molecular complexity index is 415. The van der Waals surface area contributed by atoms with Crippen LogP contribution in [0.15, 0.2) is 24.3 Å². The number of hydrogen-bond donors (Lipinski definition) is 1. The van der Waals surface area contributed by atoms with Crippen molar-refractivity contribution in [3.05, 3.63) is 35.4 Å². The molecular weight excluding hydrogens is 255 g/mol. The summed E-state index contributed by atoms with van der Waals surface area (Å²) < 4.78 is 43.1. The van der Waals surface area contributed by atoms with Crippen molar-refractivity contribution in [1.82, 2.24) is 0 Å². The fourth-order valence-corrected chi connectivity index (χ4v) is 1.72. The molecule has 0 aliphatic carbocycles. The topological polar surface area (TPSA) is 35.2 Å². The first kappa shape index (κ1) is 16.0. The highest BCUT2D eigenvalue weighted by Gasteiger charge is 2.30. The molecule has 1 atom stereocenters. The van der Waals surface area contributed by atoms with Gasteiger partial charge in [0, 0.05) is 13.2 Å². The predicted molar refractivity (Wildman–Crippen MR) is 68.7 cm³/mol. The van der Waals surface area contributed by atoms with E-state index < -0.39 is 17.8 Å². The van der Waals surface area contributed by atoms with Gasteiger partial charge in [0.1, 0.15) is 0 Å². The highest BCUT2D eigenvalue weighted by molar-refractivity contribution is 5.27. The van der Waals surface area contributed by atoms with Crippen molar-refractivity contribution in [2.75, 3.05) is 7.11 Å². The number of rotatable bonds is 5. The first-order valence-electron chi connectivity index (χ1n) is 6.13. The normalized spacial score (nSPS) is 14.5. The number of nitrogens with two attached hydrogens (primary N) is 1. The minimum atomic E-state index is -4.33. The van der Waals surface area contributed by atoms with E-state index in [0.29, 0.717) is 18.4 Å². The van der Waals surface area contributed by atoms with E-state index in [4.69, 9.17) is 10.5 Å². The van der Waals surface area contributed by atoms with Crippen LogP contribution in [0.4, 0.5) is 13.2 Å². The monoisotopic (exact) mass is 275 g/mol. The maximum absolute atomic E-state index is 12.6. The van der Waals surface area contributed by atoms with Gasteiger partial charge in [-0.3, -0.25) is 0 Å². The van der Waals surface area contributed by atoms with Crippen LogP contribution in [-0.4, -0.2) is 12.7 Å². The molecule has 0 saturated heterocycles. The summed E-state index contributed by atoms with van der Waals surface area (Å²) in [4.78, 5) is 0. The van der Waals surface area contributed by atoms with Crippen LogP contribution in [0.5, 0.6) is 0 Å². The second kappa shape index (κ2) is 5.92. The minimum absolute atomic E-state index is 0.320. The molecule has 0 fully saturated rings. The zero-order valence-electron chi connectivity index (χ0n) is 11.4. The molecule has 0 aliphatic rings. The lowest BCUT2D eigenvalue weighted by atomic mass is 9.94. The molecule has 0 spiro atoms. The summed E-state index contributed by atoms with van der Waals surface area (Å²) in [5, 5.41) is 0. The Morgan fingerprint density at radius 2 is 1.89 bits per heavy atom. The van der Waals surface area contributed by atoms with Gasteiger partial charge in [-0.1, -0.05) is 12.1 Å². The molecule has 2 nitrogen and oxygen atoms in total. The largest absolute Gasteiger partial charge is 0.416 e. The summed E-state index contributed by atoms with van der Waals surface area (Å²) >= 11 is 0. The molecule has 1 aromatic rings. The van der Waals surface area contributed by atoms with Crippen molar-refractivity contribution in [3.8, 4) is 0 Å². The molecule has 5 heteroatoms. The van der Waals surface area contributed by atoms with Crippen LogP contribution in [0.1, 0.15) is 43.9 Å². The Kier molecular flexibility index (Phi) is 4.98. The second-order valence-electron chi connectivity index (χ2n) is 5.23. The van der Waals surface area contributed by atoms with Gasteiger partial charge in [-0.2, -0.15) is 13.2 Å². The molecule has 0 saturated carbocycles. The van der Waals surface area contributed by atoms with Crippen LogP contribution < -0.4 is 5.73 Å². The maximum atomic E-state index is 12.6. The molecule has 19 heavy (non-hydrogen) atoms. The molecule has 0 aromatic heterocycles. The zero-order valence-corrected chi connectivity index (χ0v) is 11.4. The third-order valence-corrected chi connectivity index (χ3v) is 3.25. The minimum Gasteiger partial charge on any atom is -0.379 e. The Hall–Kier alpha value is -1.07. The van der Waals surface area contributed by atoms with E-state index in [1.807, 2.05) is 13.8 Å². The summed E-state index contributed by atoms with van der Waals surface area (Å²) in [6.07, 6.45) is -3.08. The van der Waals surface area contributed by atoms with Gasteiger partial charge in [-0.25, -0.2) is 0 Å². The van der Waals surface area contributed by atoms with Crippen molar-refractivity contribution in [2.24, 2.45) is 5.73 Å². The average Bonchev–Trinajstić information content (AvgIpc) is 2.35. The summed E-state index contributed by atoms with van der Waals surface area (Å²) in [6, 6.07) is 4.76. The molecule has 0 bridgehead atoms. The number of hydrogen-bond acceptors (Lipinski definition) is 2. The van der Waals surface area contributed by atoms with Gasteiger partial charge in [0.15, 0.2) is 0 Å². The van der Waals surface area contributed by atoms with Gasteiger partial charge in [-0.15, -0.1) is 0 Å². The highest BCUT2D eigenvalue weighted by Crippen LogP contribution is 2.31. The van der Waals surface area contributed by atoms with E-state index >= 15 is 0 Å². The van der Waals surface area contributed by atoms with Crippen LogP contribution in [0.3, 0.4) is 0 Å². The molecular formula is C14H20F3NO.